The van der Waals surface area contributed by atoms with Crippen molar-refractivity contribution in [2.24, 2.45) is 0 Å². The minimum atomic E-state index is -3.91. The number of hydrogen-bond donors (Lipinski definition) is 2. The Morgan fingerprint density at radius 2 is 1.95 bits per heavy atom. The molecule has 2 N–H and O–H groups in total. The third kappa shape index (κ3) is 8.63. The highest BCUT2D eigenvalue weighted by molar-refractivity contribution is 8.69. The Morgan fingerprint density at radius 1 is 1.23 bits per heavy atom. The third-order valence-electron chi connectivity index (χ3n) is 3.06. The van der Waals surface area contributed by atoms with Crippen molar-refractivity contribution in [3.8, 4) is 5.75 Å². The molecule has 22 heavy (non-hydrogen) atoms. The fourth-order valence-electron chi connectivity index (χ4n) is 1.97. The largest absolute Gasteiger partial charge is 0.493 e. The van der Waals surface area contributed by atoms with Crippen molar-refractivity contribution in [2.45, 2.75) is 32.6 Å². The van der Waals surface area contributed by atoms with Crippen LogP contribution in [0.3, 0.4) is 0 Å². The molecular formula is C15H25NO4S2. The van der Waals surface area contributed by atoms with E-state index in [0.717, 1.165) is 25.1 Å². The number of para-hydroxylation sites is 1. The van der Waals surface area contributed by atoms with Gasteiger partial charge in [-0.25, -0.2) is 0 Å². The van der Waals surface area contributed by atoms with Gasteiger partial charge in [0.15, 0.2) is 0 Å². The fourth-order valence-corrected chi connectivity index (χ4v) is 3.29. The van der Waals surface area contributed by atoms with Gasteiger partial charge in [-0.3, -0.25) is 4.55 Å². The summed E-state index contributed by atoms with van der Waals surface area (Å²) >= 11 is 0. The van der Waals surface area contributed by atoms with Gasteiger partial charge in [-0.2, -0.15) is 8.42 Å². The number of hydrogen-bond acceptors (Lipinski definition) is 5. The first-order valence-electron chi connectivity index (χ1n) is 7.44. The second-order valence-corrected chi connectivity index (χ2v) is 8.72. The van der Waals surface area contributed by atoms with Crippen LogP contribution in [0.5, 0.6) is 5.75 Å². The van der Waals surface area contributed by atoms with Gasteiger partial charge in [-0.15, -0.1) is 0 Å². The van der Waals surface area contributed by atoms with Crippen molar-refractivity contribution in [1.82, 2.24) is 5.32 Å². The molecule has 0 aliphatic heterocycles. The topological polar surface area (TPSA) is 75.6 Å². The average Bonchev–Trinajstić information content (AvgIpc) is 2.44. The molecule has 7 heteroatoms. The highest BCUT2D eigenvalue weighted by atomic mass is 33.1. The second kappa shape index (κ2) is 10.1. The molecule has 0 saturated heterocycles. The summed E-state index contributed by atoms with van der Waals surface area (Å²) in [5.74, 6) is 1.74. The summed E-state index contributed by atoms with van der Waals surface area (Å²) in [6.45, 7) is 6.33. The van der Waals surface area contributed by atoms with Gasteiger partial charge < -0.3 is 10.1 Å². The molecule has 0 aliphatic carbocycles. The molecule has 126 valence electrons. The summed E-state index contributed by atoms with van der Waals surface area (Å²) in [5.41, 5.74) is 1.22. The minimum Gasteiger partial charge on any atom is -0.493 e. The second-order valence-electron chi connectivity index (χ2n) is 5.25. The van der Waals surface area contributed by atoms with E-state index in [4.69, 9.17) is 9.29 Å². The van der Waals surface area contributed by atoms with Gasteiger partial charge in [0.25, 0.3) is 0 Å². The summed E-state index contributed by atoms with van der Waals surface area (Å²) in [6.07, 6.45) is 1.89. The van der Waals surface area contributed by atoms with Crippen molar-refractivity contribution in [3.63, 3.8) is 0 Å². The molecule has 5 nitrogen and oxygen atoms in total. The summed E-state index contributed by atoms with van der Waals surface area (Å²) in [4.78, 5) is 0. The summed E-state index contributed by atoms with van der Waals surface area (Å²) < 4.78 is 35.4. The highest BCUT2D eigenvalue weighted by Gasteiger charge is 2.06. The van der Waals surface area contributed by atoms with Gasteiger partial charge in [0.05, 0.1) is 6.61 Å². The molecule has 0 saturated carbocycles. The summed E-state index contributed by atoms with van der Waals surface area (Å²) in [6, 6.07) is 8.10. The van der Waals surface area contributed by atoms with Gasteiger partial charge in [-0.05, 0) is 47.7 Å². The Bertz CT molecular complexity index is 532. The first kappa shape index (κ1) is 19.3. The average molecular weight is 348 g/mol. The lowest BCUT2D eigenvalue weighted by atomic mass is 10.0. The predicted molar refractivity (Wildman–Crippen MR) is 92.1 cm³/mol. The Labute approximate surface area is 137 Å². The standard InChI is InChI=1S/C15H25NO4S2/c1-13(2)14-7-3-4-8-15(14)20-11-6-5-9-16-10-12-21-22(17,18)19/h3-4,7-8,13,16H,5-6,9-12H2,1-2H3,(H,17,18,19). The lowest BCUT2D eigenvalue weighted by Gasteiger charge is -2.13. The maximum atomic E-state index is 10.5. The normalized spacial score (nSPS) is 11.8. The molecule has 0 atom stereocenters. The van der Waals surface area contributed by atoms with Crippen LogP contribution in [0.25, 0.3) is 0 Å². The van der Waals surface area contributed by atoms with Crippen LogP contribution in [0.15, 0.2) is 24.3 Å². The zero-order chi connectivity index (χ0) is 16.4. The molecule has 0 heterocycles. The minimum absolute atomic E-state index is 0.344. The van der Waals surface area contributed by atoms with E-state index < -0.39 is 9.15 Å². The lowest BCUT2D eigenvalue weighted by molar-refractivity contribution is 0.302. The first-order valence-corrected chi connectivity index (χ1v) is 10.4. The molecule has 0 aromatic heterocycles. The van der Waals surface area contributed by atoms with Crippen LogP contribution in [-0.2, 0) is 9.15 Å². The maximum absolute atomic E-state index is 10.5. The molecule has 0 bridgehead atoms. The van der Waals surface area contributed by atoms with Crippen LogP contribution in [0.1, 0.15) is 38.2 Å². The Hall–Kier alpha value is -0.760. The number of nitrogens with one attached hydrogen (secondary N) is 1. The van der Waals surface area contributed by atoms with E-state index in [1.54, 1.807) is 0 Å². The van der Waals surface area contributed by atoms with Gasteiger partial charge in [0, 0.05) is 12.3 Å². The van der Waals surface area contributed by atoms with Crippen LogP contribution in [0.4, 0.5) is 0 Å². The van der Waals surface area contributed by atoms with Crippen LogP contribution in [-0.4, -0.2) is 38.4 Å². The number of rotatable bonds is 11. The van der Waals surface area contributed by atoms with Gasteiger partial charge in [-0.1, -0.05) is 32.0 Å². The molecule has 0 spiro atoms. The zero-order valence-corrected chi connectivity index (χ0v) is 14.8. The van der Waals surface area contributed by atoms with Crippen molar-refractivity contribution >= 4 is 19.9 Å². The van der Waals surface area contributed by atoms with Crippen molar-refractivity contribution in [3.05, 3.63) is 29.8 Å². The summed E-state index contributed by atoms with van der Waals surface area (Å²) in [7, 11) is -3.37. The molecule has 1 aromatic rings. The Balaban J connectivity index is 2.09. The molecule has 1 rings (SSSR count). The van der Waals surface area contributed by atoms with E-state index in [0.29, 0.717) is 35.6 Å². The Kier molecular flexibility index (Phi) is 8.85. The fraction of sp³-hybridized carbons (Fsp3) is 0.600. The molecule has 0 radical (unpaired) electrons. The van der Waals surface area contributed by atoms with Crippen LogP contribution >= 0.6 is 10.8 Å². The van der Waals surface area contributed by atoms with E-state index in [9.17, 15) is 8.42 Å². The maximum Gasteiger partial charge on any atom is 0.319 e. The van der Waals surface area contributed by atoms with Gasteiger partial charge in [0.2, 0.25) is 0 Å². The van der Waals surface area contributed by atoms with Crippen molar-refractivity contribution in [1.29, 1.82) is 0 Å². The van der Waals surface area contributed by atoms with E-state index in [1.165, 1.54) is 5.56 Å². The smallest absolute Gasteiger partial charge is 0.319 e. The Morgan fingerprint density at radius 3 is 2.64 bits per heavy atom. The van der Waals surface area contributed by atoms with Crippen LogP contribution in [0.2, 0.25) is 0 Å². The molecule has 0 unspecified atom stereocenters. The van der Waals surface area contributed by atoms with E-state index in [2.05, 4.69) is 25.2 Å². The first-order chi connectivity index (χ1) is 10.4. The molecule has 1 aromatic carbocycles. The van der Waals surface area contributed by atoms with Crippen molar-refractivity contribution < 1.29 is 17.7 Å². The number of ether oxygens (including phenoxy) is 1. The third-order valence-corrected chi connectivity index (χ3v) is 5.12. The van der Waals surface area contributed by atoms with Gasteiger partial charge in [0.1, 0.15) is 5.75 Å². The van der Waals surface area contributed by atoms with E-state index in [-0.39, 0.29) is 0 Å². The zero-order valence-electron chi connectivity index (χ0n) is 13.1. The van der Waals surface area contributed by atoms with Crippen LogP contribution in [0, 0.1) is 0 Å². The number of benzene rings is 1. The van der Waals surface area contributed by atoms with Gasteiger partial charge >= 0.3 is 9.15 Å². The molecule has 0 amide bonds. The van der Waals surface area contributed by atoms with Crippen LogP contribution < -0.4 is 10.1 Å². The van der Waals surface area contributed by atoms with Crippen molar-refractivity contribution in [2.75, 3.05) is 25.4 Å². The summed E-state index contributed by atoms with van der Waals surface area (Å²) in [5, 5.41) is 3.13. The van der Waals surface area contributed by atoms with E-state index >= 15 is 0 Å². The SMILES string of the molecule is CC(C)c1ccccc1OCCCCNCCSS(=O)(=O)O. The lowest BCUT2D eigenvalue weighted by Crippen LogP contribution is -2.19. The predicted octanol–water partition coefficient (Wildman–Crippen LogP) is 3.09. The molecule has 0 fully saturated rings. The monoisotopic (exact) mass is 347 g/mol. The van der Waals surface area contributed by atoms with E-state index in [1.807, 2.05) is 18.2 Å². The molecular weight excluding hydrogens is 322 g/mol. The highest BCUT2D eigenvalue weighted by Crippen LogP contribution is 2.25. The molecule has 0 aliphatic rings. The quantitative estimate of drug-likeness (QED) is 0.364. The number of unbranched alkanes of at least 4 members (excludes halogenated alkanes) is 1.